The zero-order valence-electron chi connectivity index (χ0n) is 10.9. The van der Waals surface area contributed by atoms with Gasteiger partial charge >= 0.3 is 0 Å². The number of aliphatic hydroxyl groups excluding tert-OH is 1. The molecule has 1 aromatic carbocycles. The van der Waals surface area contributed by atoms with Crippen LogP contribution in [0.15, 0.2) is 36.7 Å². The van der Waals surface area contributed by atoms with E-state index in [2.05, 4.69) is 4.98 Å². The van der Waals surface area contributed by atoms with Gasteiger partial charge < -0.3 is 9.84 Å². The predicted octanol–water partition coefficient (Wildman–Crippen LogP) is 3.16. The number of ether oxygens (including phenoxy) is 1. The van der Waals surface area contributed by atoms with Crippen molar-refractivity contribution in [3.63, 3.8) is 0 Å². The van der Waals surface area contributed by atoms with Crippen LogP contribution in [-0.2, 0) is 6.61 Å². The van der Waals surface area contributed by atoms with Crippen molar-refractivity contribution in [1.29, 1.82) is 0 Å². The molecule has 2 aromatic rings. The molecule has 0 aliphatic heterocycles. The number of halogens is 1. The molecular weight excluding hydrogens is 245 g/mol. The first-order chi connectivity index (χ1) is 9.06. The van der Waals surface area contributed by atoms with Crippen molar-refractivity contribution in [1.82, 2.24) is 4.98 Å². The van der Waals surface area contributed by atoms with Crippen LogP contribution in [0.3, 0.4) is 0 Å². The summed E-state index contributed by atoms with van der Waals surface area (Å²) >= 11 is 0. The minimum atomic E-state index is -0.703. The summed E-state index contributed by atoms with van der Waals surface area (Å²) in [7, 11) is 0. The van der Waals surface area contributed by atoms with Crippen molar-refractivity contribution in [3.8, 4) is 5.75 Å². The topological polar surface area (TPSA) is 42.4 Å². The van der Waals surface area contributed by atoms with Gasteiger partial charge in [-0.25, -0.2) is 4.39 Å². The lowest BCUT2D eigenvalue weighted by atomic mass is 10.1. The smallest absolute Gasteiger partial charge is 0.128 e. The van der Waals surface area contributed by atoms with Crippen molar-refractivity contribution in [2.45, 2.75) is 26.6 Å². The fraction of sp³-hybridized carbons (Fsp3) is 0.267. The van der Waals surface area contributed by atoms with E-state index >= 15 is 0 Å². The largest absolute Gasteiger partial charge is 0.488 e. The predicted molar refractivity (Wildman–Crippen MR) is 70.3 cm³/mol. The SMILES string of the molecule is Cc1cncc(COc2cc(F)ccc2[C@@H](C)O)c1. The van der Waals surface area contributed by atoms with E-state index in [0.717, 1.165) is 11.1 Å². The van der Waals surface area contributed by atoms with E-state index in [9.17, 15) is 9.50 Å². The Hall–Kier alpha value is -1.94. The Balaban J connectivity index is 2.17. The van der Waals surface area contributed by atoms with Crippen molar-refractivity contribution in [3.05, 3.63) is 59.2 Å². The molecule has 0 bridgehead atoms. The molecule has 1 aromatic heterocycles. The van der Waals surface area contributed by atoms with Crippen LogP contribution < -0.4 is 4.74 Å². The monoisotopic (exact) mass is 261 g/mol. The summed E-state index contributed by atoms with van der Waals surface area (Å²) in [5.41, 5.74) is 2.51. The van der Waals surface area contributed by atoms with E-state index in [1.807, 2.05) is 13.0 Å². The second-order valence-corrected chi connectivity index (χ2v) is 4.52. The third kappa shape index (κ3) is 3.51. The van der Waals surface area contributed by atoms with E-state index in [1.54, 1.807) is 19.3 Å². The Bertz CT molecular complexity index is 570. The third-order valence-corrected chi connectivity index (χ3v) is 2.75. The van der Waals surface area contributed by atoms with Gasteiger partial charge in [0.05, 0.1) is 6.10 Å². The number of benzene rings is 1. The molecule has 4 heteroatoms. The first kappa shape index (κ1) is 13.5. The van der Waals surface area contributed by atoms with Gasteiger partial charge in [0, 0.05) is 29.6 Å². The summed E-state index contributed by atoms with van der Waals surface area (Å²) in [6.07, 6.45) is 2.76. The summed E-state index contributed by atoms with van der Waals surface area (Å²) in [6, 6.07) is 6.08. The zero-order chi connectivity index (χ0) is 13.8. The van der Waals surface area contributed by atoms with Gasteiger partial charge in [0.2, 0.25) is 0 Å². The second kappa shape index (κ2) is 5.80. The van der Waals surface area contributed by atoms with Crippen LogP contribution in [0.5, 0.6) is 5.75 Å². The molecule has 3 nitrogen and oxygen atoms in total. The van der Waals surface area contributed by atoms with Crippen LogP contribution in [-0.4, -0.2) is 10.1 Å². The molecule has 19 heavy (non-hydrogen) atoms. The summed E-state index contributed by atoms with van der Waals surface area (Å²) < 4.78 is 18.8. The Kier molecular flexibility index (Phi) is 4.12. The van der Waals surface area contributed by atoms with Gasteiger partial charge in [-0.3, -0.25) is 4.98 Å². The number of hydrogen-bond donors (Lipinski definition) is 1. The number of rotatable bonds is 4. The Labute approximate surface area is 111 Å². The fourth-order valence-electron chi connectivity index (χ4n) is 1.84. The molecule has 1 N–H and O–H groups in total. The minimum Gasteiger partial charge on any atom is -0.488 e. The van der Waals surface area contributed by atoms with Crippen LogP contribution in [0.4, 0.5) is 4.39 Å². The van der Waals surface area contributed by atoms with Gasteiger partial charge in [-0.05, 0) is 37.6 Å². The maximum atomic E-state index is 13.2. The quantitative estimate of drug-likeness (QED) is 0.919. The minimum absolute atomic E-state index is 0.290. The molecule has 0 saturated heterocycles. The van der Waals surface area contributed by atoms with Gasteiger partial charge in [0.1, 0.15) is 18.2 Å². The summed E-state index contributed by atoms with van der Waals surface area (Å²) in [4.78, 5) is 4.07. The lowest BCUT2D eigenvalue weighted by molar-refractivity contribution is 0.190. The Morgan fingerprint density at radius 2 is 2.11 bits per heavy atom. The van der Waals surface area contributed by atoms with Crippen molar-refractivity contribution in [2.24, 2.45) is 0 Å². The van der Waals surface area contributed by atoms with Crippen LogP contribution in [0.25, 0.3) is 0 Å². The molecule has 0 aliphatic carbocycles. The van der Waals surface area contributed by atoms with Crippen LogP contribution in [0.1, 0.15) is 29.7 Å². The molecule has 0 unspecified atom stereocenters. The molecular formula is C15H16FNO2. The highest BCUT2D eigenvalue weighted by atomic mass is 19.1. The van der Waals surface area contributed by atoms with Crippen LogP contribution in [0, 0.1) is 12.7 Å². The fourth-order valence-corrected chi connectivity index (χ4v) is 1.84. The maximum Gasteiger partial charge on any atom is 0.128 e. The molecule has 0 radical (unpaired) electrons. The number of aromatic nitrogens is 1. The lowest BCUT2D eigenvalue weighted by Crippen LogP contribution is -2.02. The molecule has 0 saturated carbocycles. The van der Waals surface area contributed by atoms with Gasteiger partial charge in [0.15, 0.2) is 0 Å². The Morgan fingerprint density at radius 3 is 2.79 bits per heavy atom. The van der Waals surface area contributed by atoms with Gasteiger partial charge in [-0.15, -0.1) is 0 Å². The van der Waals surface area contributed by atoms with Crippen molar-refractivity contribution in [2.75, 3.05) is 0 Å². The van der Waals surface area contributed by atoms with E-state index in [-0.39, 0.29) is 12.4 Å². The van der Waals surface area contributed by atoms with E-state index < -0.39 is 6.10 Å². The molecule has 2 rings (SSSR count). The van der Waals surface area contributed by atoms with Crippen LogP contribution >= 0.6 is 0 Å². The summed E-state index contributed by atoms with van der Waals surface area (Å²) in [6.45, 7) is 3.85. The molecule has 0 spiro atoms. The highest BCUT2D eigenvalue weighted by Crippen LogP contribution is 2.26. The molecule has 0 fully saturated rings. The Morgan fingerprint density at radius 1 is 1.32 bits per heavy atom. The van der Waals surface area contributed by atoms with Gasteiger partial charge in [-0.1, -0.05) is 0 Å². The first-order valence-electron chi connectivity index (χ1n) is 6.07. The average molecular weight is 261 g/mol. The lowest BCUT2D eigenvalue weighted by Gasteiger charge is -2.13. The second-order valence-electron chi connectivity index (χ2n) is 4.52. The summed E-state index contributed by atoms with van der Waals surface area (Å²) in [5, 5.41) is 9.62. The zero-order valence-corrected chi connectivity index (χ0v) is 10.9. The van der Waals surface area contributed by atoms with E-state index in [4.69, 9.17) is 4.74 Å². The molecule has 1 atom stereocenters. The number of aryl methyl sites for hydroxylation is 1. The van der Waals surface area contributed by atoms with Gasteiger partial charge in [0.25, 0.3) is 0 Å². The number of nitrogens with zero attached hydrogens (tertiary/aromatic N) is 1. The van der Waals surface area contributed by atoms with E-state index in [1.165, 1.54) is 18.2 Å². The third-order valence-electron chi connectivity index (χ3n) is 2.75. The van der Waals surface area contributed by atoms with Crippen molar-refractivity contribution < 1.29 is 14.2 Å². The number of hydrogen-bond acceptors (Lipinski definition) is 3. The highest BCUT2D eigenvalue weighted by Gasteiger charge is 2.10. The molecule has 0 amide bonds. The first-order valence-corrected chi connectivity index (χ1v) is 6.07. The molecule has 1 heterocycles. The van der Waals surface area contributed by atoms with Crippen LogP contribution in [0.2, 0.25) is 0 Å². The number of pyridine rings is 1. The standard InChI is InChI=1S/C15H16FNO2/c1-10-5-12(8-17-7-10)9-19-15-6-13(16)3-4-14(15)11(2)18/h3-8,11,18H,9H2,1-2H3/t11-/m1/s1. The normalized spacial score (nSPS) is 12.2. The molecule has 100 valence electrons. The maximum absolute atomic E-state index is 13.2. The average Bonchev–Trinajstić information content (AvgIpc) is 2.36. The van der Waals surface area contributed by atoms with Crippen molar-refractivity contribution >= 4 is 0 Å². The van der Waals surface area contributed by atoms with E-state index in [0.29, 0.717) is 11.3 Å². The molecule has 0 aliphatic rings. The summed E-state index contributed by atoms with van der Waals surface area (Å²) in [5.74, 6) is -0.0294. The highest BCUT2D eigenvalue weighted by molar-refractivity contribution is 5.35. The van der Waals surface area contributed by atoms with Gasteiger partial charge in [-0.2, -0.15) is 0 Å². The number of aliphatic hydroxyl groups is 1.